The third-order valence-corrected chi connectivity index (χ3v) is 2.58. The molecular weight excluding hydrogens is 225 g/mol. The summed E-state index contributed by atoms with van der Waals surface area (Å²) in [5.74, 6) is 0. The first kappa shape index (κ1) is 8.88. The van der Waals surface area contributed by atoms with Gasteiger partial charge in [-0.2, -0.15) is 0 Å². The molecule has 60 valence electrons. The first-order chi connectivity index (χ1) is 5.15. The van der Waals surface area contributed by atoms with Crippen LogP contribution in [0.15, 0.2) is 16.6 Å². The Bertz CT molecular complexity index is 273. The number of nitrogens with one attached hydrogen (secondary N) is 1. The third kappa shape index (κ3) is 1.88. The van der Waals surface area contributed by atoms with Crippen molar-refractivity contribution in [3.05, 3.63) is 27.2 Å². The van der Waals surface area contributed by atoms with Crippen molar-refractivity contribution in [2.45, 2.75) is 6.92 Å². The van der Waals surface area contributed by atoms with Gasteiger partial charge in [0.25, 0.3) is 0 Å². The number of hydrogen-bond donors (Lipinski definition) is 1. The Kier molecular flexibility index (Phi) is 2.79. The van der Waals surface area contributed by atoms with E-state index in [2.05, 4.69) is 21.2 Å². The monoisotopic (exact) mass is 233 g/mol. The van der Waals surface area contributed by atoms with Crippen LogP contribution in [0, 0.1) is 6.92 Å². The van der Waals surface area contributed by atoms with E-state index < -0.39 is 0 Å². The molecule has 1 aromatic rings. The fourth-order valence-electron chi connectivity index (χ4n) is 0.838. The lowest BCUT2D eigenvalue weighted by atomic mass is 10.2. The molecule has 0 aliphatic heterocycles. The molecule has 0 fully saturated rings. The molecule has 0 amide bonds. The van der Waals surface area contributed by atoms with Gasteiger partial charge in [0.05, 0.1) is 0 Å². The molecule has 0 aliphatic carbocycles. The fourth-order valence-corrected chi connectivity index (χ4v) is 1.66. The lowest BCUT2D eigenvalue weighted by Gasteiger charge is -2.05. The maximum Gasteiger partial charge on any atom is 0.0497 e. The van der Waals surface area contributed by atoms with E-state index in [1.807, 2.05) is 26.1 Å². The van der Waals surface area contributed by atoms with E-state index in [0.717, 1.165) is 20.7 Å². The molecule has 0 aromatic heterocycles. The summed E-state index contributed by atoms with van der Waals surface area (Å²) in [7, 11) is 1.87. The highest BCUT2D eigenvalue weighted by atomic mass is 79.9. The highest BCUT2D eigenvalue weighted by Gasteiger charge is 2.01. The molecule has 0 unspecified atom stereocenters. The van der Waals surface area contributed by atoms with Crippen LogP contribution in [0.4, 0.5) is 5.69 Å². The van der Waals surface area contributed by atoms with Crippen LogP contribution in [0.3, 0.4) is 0 Å². The van der Waals surface area contributed by atoms with Crippen LogP contribution < -0.4 is 5.32 Å². The first-order valence-electron chi connectivity index (χ1n) is 3.28. The van der Waals surface area contributed by atoms with Gasteiger partial charge in [0, 0.05) is 22.2 Å². The molecule has 11 heavy (non-hydrogen) atoms. The van der Waals surface area contributed by atoms with Crippen LogP contribution in [0.25, 0.3) is 0 Å². The van der Waals surface area contributed by atoms with E-state index in [9.17, 15) is 0 Å². The van der Waals surface area contributed by atoms with Crippen molar-refractivity contribution in [1.29, 1.82) is 0 Å². The number of hydrogen-bond acceptors (Lipinski definition) is 1. The van der Waals surface area contributed by atoms with Crippen molar-refractivity contribution in [2.24, 2.45) is 0 Å². The summed E-state index contributed by atoms with van der Waals surface area (Å²) >= 11 is 9.32. The molecule has 0 saturated carbocycles. The summed E-state index contributed by atoms with van der Waals surface area (Å²) in [6.45, 7) is 1.98. The lowest BCUT2D eigenvalue weighted by Crippen LogP contribution is -1.89. The summed E-state index contributed by atoms with van der Waals surface area (Å²) in [6, 6.07) is 3.90. The van der Waals surface area contributed by atoms with Gasteiger partial charge in [0.1, 0.15) is 0 Å². The van der Waals surface area contributed by atoms with Crippen molar-refractivity contribution in [1.82, 2.24) is 0 Å². The van der Waals surface area contributed by atoms with Crippen LogP contribution in [-0.4, -0.2) is 7.05 Å². The van der Waals surface area contributed by atoms with Crippen molar-refractivity contribution in [2.75, 3.05) is 12.4 Å². The standard InChI is InChI=1S/C8H9BrClN/c1-5-3-6(9)8(11-2)4-7(5)10/h3-4,11H,1-2H3. The number of aryl methyl sites for hydroxylation is 1. The minimum Gasteiger partial charge on any atom is -0.387 e. The molecular formula is C8H9BrClN. The van der Waals surface area contributed by atoms with Gasteiger partial charge < -0.3 is 5.32 Å². The zero-order chi connectivity index (χ0) is 8.43. The zero-order valence-electron chi connectivity index (χ0n) is 6.41. The normalized spacial score (nSPS) is 9.82. The van der Waals surface area contributed by atoms with Gasteiger partial charge >= 0.3 is 0 Å². The highest BCUT2D eigenvalue weighted by molar-refractivity contribution is 9.10. The predicted octanol–water partition coefficient (Wildman–Crippen LogP) is 3.45. The van der Waals surface area contributed by atoms with Crippen LogP contribution in [0.2, 0.25) is 5.02 Å². The number of benzene rings is 1. The molecule has 0 saturated heterocycles. The Morgan fingerprint density at radius 2 is 2.09 bits per heavy atom. The zero-order valence-corrected chi connectivity index (χ0v) is 8.75. The molecule has 0 spiro atoms. The number of rotatable bonds is 1. The van der Waals surface area contributed by atoms with E-state index in [1.165, 1.54) is 0 Å². The second-order valence-corrected chi connectivity index (χ2v) is 3.59. The molecule has 0 bridgehead atoms. The highest BCUT2D eigenvalue weighted by Crippen LogP contribution is 2.28. The van der Waals surface area contributed by atoms with Gasteiger partial charge in [0.2, 0.25) is 0 Å². The summed E-state index contributed by atoms with van der Waals surface area (Å²) in [5.41, 5.74) is 2.10. The summed E-state index contributed by atoms with van der Waals surface area (Å²) < 4.78 is 1.04. The van der Waals surface area contributed by atoms with Crippen LogP contribution >= 0.6 is 27.5 Å². The summed E-state index contributed by atoms with van der Waals surface area (Å²) in [4.78, 5) is 0. The van der Waals surface area contributed by atoms with Crippen molar-refractivity contribution >= 4 is 33.2 Å². The van der Waals surface area contributed by atoms with E-state index in [-0.39, 0.29) is 0 Å². The average Bonchev–Trinajstić information content (AvgIpc) is 1.97. The Balaban J connectivity index is 3.21. The van der Waals surface area contributed by atoms with E-state index in [0.29, 0.717) is 0 Å². The quantitative estimate of drug-likeness (QED) is 0.785. The van der Waals surface area contributed by atoms with Gasteiger partial charge in [-0.3, -0.25) is 0 Å². The fraction of sp³-hybridized carbons (Fsp3) is 0.250. The SMILES string of the molecule is CNc1cc(Cl)c(C)cc1Br. The second-order valence-electron chi connectivity index (χ2n) is 2.33. The Labute approximate surface area is 79.9 Å². The number of halogens is 2. The van der Waals surface area contributed by atoms with E-state index in [1.54, 1.807) is 0 Å². The lowest BCUT2D eigenvalue weighted by molar-refractivity contribution is 1.41. The van der Waals surface area contributed by atoms with Gasteiger partial charge in [-0.1, -0.05) is 11.6 Å². The van der Waals surface area contributed by atoms with Gasteiger partial charge in [-0.05, 0) is 40.5 Å². The van der Waals surface area contributed by atoms with Crippen LogP contribution in [0.5, 0.6) is 0 Å². The van der Waals surface area contributed by atoms with Gasteiger partial charge in [-0.25, -0.2) is 0 Å². The maximum atomic E-state index is 5.90. The predicted molar refractivity (Wildman–Crippen MR) is 53.4 cm³/mol. The summed E-state index contributed by atoms with van der Waals surface area (Å²) in [6.07, 6.45) is 0. The third-order valence-electron chi connectivity index (χ3n) is 1.52. The maximum absolute atomic E-state index is 5.90. The minimum absolute atomic E-state index is 0.789. The molecule has 1 nitrogen and oxygen atoms in total. The van der Waals surface area contributed by atoms with Crippen molar-refractivity contribution < 1.29 is 0 Å². The minimum atomic E-state index is 0.789. The van der Waals surface area contributed by atoms with Crippen LogP contribution in [0.1, 0.15) is 5.56 Å². The van der Waals surface area contributed by atoms with Crippen LogP contribution in [-0.2, 0) is 0 Å². The Morgan fingerprint density at radius 3 is 2.64 bits per heavy atom. The van der Waals surface area contributed by atoms with E-state index >= 15 is 0 Å². The first-order valence-corrected chi connectivity index (χ1v) is 4.45. The smallest absolute Gasteiger partial charge is 0.0497 e. The van der Waals surface area contributed by atoms with Crippen molar-refractivity contribution in [3.8, 4) is 0 Å². The molecule has 3 heteroatoms. The molecule has 0 aliphatic rings. The Hall–Kier alpha value is -0.210. The van der Waals surface area contributed by atoms with Gasteiger partial charge in [-0.15, -0.1) is 0 Å². The molecule has 1 N–H and O–H groups in total. The second kappa shape index (κ2) is 3.46. The Morgan fingerprint density at radius 1 is 1.45 bits per heavy atom. The topological polar surface area (TPSA) is 12.0 Å². The molecule has 0 heterocycles. The molecule has 1 rings (SSSR count). The van der Waals surface area contributed by atoms with Gasteiger partial charge in [0.15, 0.2) is 0 Å². The molecule has 1 aromatic carbocycles. The molecule has 0 atom stereocenters. The number of anilines is 1. The molecule has 0 radical (unpaired) electrons. The van der Waals surface area contributed by atoms with Crippen molar-refractivity contribution in [3.63, 3.8) is 0 Å². The average molecular weight is 235 g/mol. The van der Waals surface area contributed by atoms with E-state index in [4.69, 9.17) is 11.6 Å². The summed E-state index contributed by atoms with van der Waals surface area (Å²) in [5, 5.41) is 3.82. The largest absolute Gasteiger partial charge is 0.387 e.